The number of rotatable bonds is 9. The van der Waals surface area contributed by atoms with Crippen LogP contribution in [-0.4, -0.2) is 58.1 Å². The largest absolute Gasteiger partial charge is 0.461 e. The zero-order chi connectivity index (χ0) is 29.6. The van der Waals surface area contributed by atoms with Crippen molar-refractivity contribution in [1.82, 2.24) is 5.32 Å². The number of nitrogens with one attached hydrogen (secondary N) is 1. The highest BCUT2D eigenvalue weighted by Crippen LogP contribution is 2.68. The zero-order valence-electron chi connectivity index (χ0n) is 25.3. The first kappa shape index (κ1) is 32.1. The van der Waals surface area contributed by atoms with Gasteiger partial charge < -0.3 is 20.9 Å². The van der Waals surface area contributed by atoms with Gasteiger partial charge in [-0.3, -0.25) is 14.4 Å². The maximum absolute atomic E-state index is 13.5. The van der Waals surface area contributed by atoms with Gasteiger partial charge in [0.1, 0.15) is 11.9 Å². The van der Waals surface area contributed by atoms with Crippen LogP contribution in [0.4, 0.5) is 0 Å². The lowest BCUT2D eigenvalue weighted by molar-refractivity contribution is -0.205. The van der Waals surface area contributed by atoms with Crippen molar-refractivity contribution in [3.63, 3.8) is 0 Å². The molecule has 0 radical (unpaired) electrons. The van der Waals surface area contributed by atoms with Crippen LogP contribution >= 0.6 is 11.8 Å². The molecule has 8 heteroatoms. The molecule has 5 unspecified atom stereocenters. The average Bonchev–Trinajstić information content (AvgIpc) is 3.24. The zero-order valence-corrected chi connectivity index (χ0v) is 26.2. The van der Waals surface area contributed by atoms with Crippen LogP contribution in [0, 0.1) is 39.9 Å². The maximum atomic E-state index is 13.5. The number of thioether (sulfide) groups is 1. The lowest BCUT2D eigenvalue weighted by Crippen LogP contribution is -2.63. The molecule has 1 amide bonds. The lowest BCUT2D eigenvalue weighted by atomic mass is 9.44. The molecule has 3 aliphatic rings. The van der Waals surface area contributed by atoms with E-state index in [1.165, 1.54) is 11.8 Å². The van der Waals surface area contributed by atoms with E-state index >= 15 is 0 Å². The Hall–Kier alpha value is -1.38. The van der Waals surface area contributed by atoms with Crippen LogP contribution in [0.3, 0.4) is 0 Å². The fourth-order valence-corrected chi connectivity index (χ4v) is 8.47. The summed E-state index contributed by atoms with van der Waals surface area (Å²) >= 11 is 1.43. The van der Waals surface area contributed by atoms with Crippen molar-refractivity contribution in [3.8, 4) is 0 Å². The van der Waals surface area contributed by atoms with Gasteiger partial charge in [-0.2, -0.15) is 0 Å². The number of ether oxygens (including phenoxy) is 1. The molecule has 0 aromatic heterocycles. The van der Waals surface area contributed by atoms with Gasteiger partial charge in [0.2, 0.25) is 5.91 Å². The number of esters is 1. The standard InChI is InChI=1S/C31H52N2O5S/c1-10-29(8)15-22(38-23(35)16-39-28(6,7)17-33-27(37)24(32)18(2)3)30(9)19(4)11-13-31(20(5)26(29)36)14-12-21(34)25(30)31/h10,18-20,22,24-26,36H,1,11-17,32H2,2-9H3,(H,33,37)/t19?,20-,22?,24?,25-,26-,29+,30?,31?/m0/s1. The third-order valence-corrected chi connectivity index (χ3v) is 12.2. The summed E-state index contributed by atoms with van der Waals surface area (Å²) in [7, 11) is 0. The van der Waals surface area contributed by atoms with Crippen molar-refractivity contribution in [2.45, 2.75) is 110 Å². The minimum atomic E-state index is -0.684. The predicted octanol–water partition coefficient (Wildman–Crippen LogP) is 4.50. The molecule has 222 valence electrons. The maximum Gasteiger partial charge on any atom is 0.316 e. The first-order valence-electron chi connectivity index (χ1n) is 14.7. The van der Waals surface area contributed by atoms with Gasteiger partial charge in [-0.15, -0.1) is 18.3 Å². The van der Waals surface area contributed by atoms with Crippen molar-refractivity contribution in [2.75, 3.05) is 12.3 Å². The first-order valence-corrected chi connectivity index (χ1v) is 15.6. The highest BCUT2D eigenvalue weighted by atomic mass is 32.2. The molecule has 2 bridgehead atoms. The van der Waals surface area contributed by atoms with Crippen molar-refractivity contribution in [3.05, 3.63) is 12.7 Å². The molecule has 7 nitrogen and oxygen atoms in total. The Bertz CT molecular complexity index is 969. The van der Waals surface area contributed by atoms with Crippen LogP contribution in [0.15, 0.2) is 12.7 Å². The van der Waals surface area contributed by atoms with Gasteiger partial charge in [0.05, 0.1) is 17.9 Å². The number of Topliss-reactive ketones (excluding diaryl/α,β-unsaturated/α-hetero) is 1. The van der Waals surface area contributed by atoms with Crippen LogP contribution in [-0.2, 0) is 19.1 Å². The molecular formula is C31H52N2O5S. The highest BCUT2D eigenvalue weighted by Gasteiger charge is 2.68. The van der Waals surface area contributed by atoms with E-state index in [1.54, 1.807) is 0 Å². The number of ketones is 1. The summed E-state index contributed by atoms with van der Waals surface area (Å²) in [6.45, 7) is 20.7. The van der Waals surface area contributed by atoms with E-state index < -0.39 is 33.8 Å². The third kappa shape index (κ3) is 5.85. The topological polar surface area (TPSA) is 119 Å². The van der Waals surface area contributed by atoms with E-state index in [4.69, 9.17) is 10.5 Å². The molecule has 0 aliphatic heterocycles. The Labute approximate surface area is 239 Å². The minimum Gasteiger partial charge on any atom is -0.461 e. The van der Waals surface area contributed by atoms with E-state index in [9.17, 15) is 19.5 Å². The number of carbonyl (C=O) groups excluding carboxylic acids is 3. The van der Waals surface area contributed by atoms with Crippen molar-refractivity contribution >= 4 is 29.4 Å². The Morgan fingerprint density at radius 2 is 1.92 bits per heavy atom. The normalized spacial score (nSPS) is 39.4. The second-order valence-corrected chi connectivity index (χ2v) is 15.8. The van der Waals surface area contributed by atoms with E-state index in [2.05, 4.69) is 32.7 Å². The predicted molar refractivity (Wildman–Crippen MR) is 157 cm³/mol. The second kappa shape index (κ2) is 11.5. The van der Waals surface area contributed by atoms with Gasteiger partial charge in [-0.1, -0.05) is 47.6 Å². The van der Waals surface area contributed by atoms with Crippen molar-refractivity contribution in [1.29, 1.82) is 0 Å². The first-order chi connectivity index (χ1) is 17.9. The van der Waals surface area contributed by atoms with E-state index in [0.717, 1.165) is 19.3 Å². The van der Waals surface area contributed by atoms with Crippen LogP contribution in [0.1, 0.15) is 87.5 Å². The summed E-state index contributed by atoms with van der Waals surface area (Å²) in [4.78, 5) is 39.2. The lowest BCUT2D eigenvalue weighted by Gasteiger charge is -2.61. The molecule has 3 aliphatic carbocycles. The number of nitrogens with two attached hydrogens (primary N) is 1. The van der Waals surface area contributed by atoms with Gasteiger partial charge in [0, 0.05) is 34.5 Å². The van der Waals surface area contributed by atoms with Gasteiger partial charge in [0.25, 0.3) is 0 Å². The second-order valence-electron chi connectivity index (χ2n) is 14.1. The fourth-order valence-electron chi connectivity index (χ4n) is 7.72. The molecule has 39 heavy (non-hydrogen) atoms. The van der Waals surface area contributed by atoms with Crippen molar-refractivity contribution in [2.24, 2.45) is 45.7 Å². The summed E-state index contributed by atoms with van der Waals surface area (Å²) in [6.07, 6.45) is 4.17. The van der Waals surface area contributed by atoms with Crippen molar-refractivity contribution < 1.29 is 24.2 Å². The molecule has 0 aromatic carbocycles. The number of carbonyl (C=O) groups is 3. The van der Waals surface area contributed by atoms with Crippen LogP contribution in [0.2, 0.25) is 0 Å². The Morgan fingerprint density at radius 1 is 1.28 bits per heavy atom. The average molecular weight is 565 g/mol. The SMILES string of the molecule is C=C[C@]1(C)CC(OC(=O)CSC(C)(C)CNC(=O)C(N)C(C)C)C2(C)C(C)CCC3(CCC(=O)[C@@H]23)[C@@H](C)[C@@H]1O. The van der Waals surface area contributed by atoms with E-state index in [-0.39, 0.29) is 52.5 Å². The Morgan fingerprint density at radius 3 is 2.51 bits per heavy atom. The number of hydrogen-bond acceptors (Lipinski definition) is 7. The molecule has 0 spiro atoms. The Kier molecular flexibility index (Phi) is 9.46. The van der Waals surface area contributed by atoms with Gasteiger partial charge in [-0.05, 0) is 62.7 Å². The summed E-state index contributed by atoms with van der Waals surface area (Å²) in [5, 5.41) is 14.6. The molecule has 0 heterocycles. The monoisotopic (exact) mass is 564 g/mol. The van der Waals surface area contributed by atoms with Crippen LogP contribution in [0.25, 0.3) is 0 Å². The molecular weight excluding hydrogens is 512 g/mol. The summed E-state index contributed by atoms with van der Waals surface area (Å²) in [5.74, 6) is -0.243. The molecule has 3 rings (SSSR count). The number of amides is 1. The summed E-state index contributed by atoms with van der Waals surface area (Å²) < 4.78 is 5.92. The van der Waals surface area contributed by atoms with E-state index in [1.807, 2.05) is 40.7 Å². The number of aliphatic hydroxyl groups is 1. The highest BCUT2D eigenvalue weighted by molar-refractivity contribution is 8.01. The minimum absolute atomic E-state index is 0.0382. The van der Waals surface area contributed by atoms with Crippen LogP contribution < -0.4 is 11.1 Å². The quantitative estimate of drug-likeness (QED) is 0.279. The molecule has 4 N–H and O–H groups in total. The fraction of sp³-hybridized carbons (Fsp3) is 0.839. The molecule has 9 atom stereocenters. The smallest absolute Gasteiger partial charge is 0.316 e. The van der Waals surface area contributed by atoms with Gasteiger partial charge >= 0.3 is 5.97 Å². The Balaban J connectivity index is 1.82. The summed E-state index contributed by atoms with van der Waals surface area (Å²) in [5.41, 5.74) is 4.49. The number of hydrogen-bond donors (Lipinski definition) is 3. The third-order valence-electron chi connectivity index (χ3n) is 10.9. The number of aliphatic hydroxyl groups excluding tert-OH is 1. The molecule has 0 saturated heterocycles. The molecule has 0 aromatic rings. The van der Waals surface area contributed by atoms with Gasteiger partial charge in [-0.25, -0.2) is 0 Å². The van der Waals surface area contributed by atoms with Gasteiger partial charge in [0.15, 0.2) is 0 Å². The van der Waals surface area contributed by atoms with E-state index in [0.29, 0.717) is 19.4 Å². The molecule has 3 fully saturated rings. The molecule has 3 saturated carbocycles. The van der Waals surface area contributed by atoms with Crippen LogP contribution in [0.5, 0.6) is 0 Å². The summed E-state index contributed by atoms with van der Waals surface area (Å²) in [6, 6.07) is -0.573.